The normalized spacial score (nSPS) is 13.1. The number of rotatable bonds is 9. The number of anilines is 1. The molecule has 0 amide bonds. The minimum atomic E-state index is 0.526. The van der Waals surface area contributed by atoms with Gasteiger partial charge >= 0.3 is 0 Å². The lowest BCUT2D eigenvalue weighted by Crippen LogP contribution is -2.05. The number of aromatic nitrogens is 3. The Bertz CT molecular complexity index is 956. The molecule has 2 aromatic heterocycles. The van der Waals surface area contributed by atoms with Crippen LogP contribution in [0.15, 0.2) is 36.5 Å². The van der Waals surface area contributed by atoms with Crippen molar-refractivity contribution in [3.63, 3.8) is 0 Å². The SMILES string of the molecule is CC.CCCC(CCC)c1nc(-c2cccc(C)c2)c(-c2ccnc(NC3CC3)n2)s1. The van der Waals surface area contributed by atoms with Crippen molar-refractivity contribution in [3.8, 4) is 21.8 Å². The van der Waals surface area contributed by atoms with Gasteiger partial charge in [0.25, 0.3) is 0 Å². The second-order valence-electron chi connectivity index (χ2n) is 8.06. The fourth-order valence-electron chi connectivity index (χ4n) is 3.73. The molecule has 1 aromatic carbocycles. The summed E-state index contributed by atoms with van der Waals surface area (Å²) in [6, 6.07) is 11.2. The van der Waals surface area contributed by atoms with Crippen LogP contribution in [0.5, 0.6) is 0 Å². The van der Waals surface area contributed by atoms with E-state index >= 15 is 0 Å². The summed E-state index contributed by atoms with van der Waals surface area (Å²) in [4.78, 5) is 15.6. The smallest absolute Gasteiger partial charge is 0.223 e. The summed E-state index contributed by atoms with van der Waals surface area (Å²) in [5.41, 5.74) is 4.45. The van der Waals surface area contributed by atoms with E-state index in [1.807, 2.05) is 37.4 Å². The molecule has 0 atom stereocenters. The molecule has 4 nitrogen and oxygen atoms in total. The first-order valence-electron chi connectivity index (χ1n) is 11.9. The fourth-order valence-corrected chi connectivity index (χ4v) is 4.95. The van der Waals surface area contributed by atoms with Gasteiger partial charge in [0.15, 0.2) is 0 Å². The Hall–Kier alpha value is -2.27. The van der Waals surface area contributed by atoms with E-state index < -0.39 is 0 Å². The van der Waals surface area contributed by atoms with Gasteiger partial charge in [0.2, 0.25) is 5.95 Å². The molecule has 1 N–H and O–H groups in total. The minimum absolute atomic E-state index is 0.526. The van der Waals surface area contributed by atoms with Crippen molar-refractivity contribution in [2.45, 2.75) is 85.1 Å². The number of benzene rings is 1. The topological polar surface area (TPSA) is 50.7 Å². The number of nitrogens with one attached hydrogen (secondary N) is 1. The van der Waals surface area contributed by atoms with Gasteiger partial charge in [-0.05, 0) is 44.7 Å². The Kier molecular flexibility index (Phi) is 8.59. The maximum Gasteiger partial charge on any atom is 0.223 e. The molecule has 3 aromatic rings. The van der Waals surface area contributed by atoms with E-state index in [-0.39, 0.29) is 0 Å². The lowest BCUT2D eigenvalue weighted by molar-refractivity contribution is 0.558. The van der Waals surface area contributed by atoms with Gasteiger partial charge in [-0.3, -0.25) is 0 Å². The van der Waals surface area contributed by atoms with Crippen molar-refractivity contribution in [1.82, 2.24) is 15.0 Å². The van der Waals surface area contributed by atoms with Crippen LogP contribution in [-0.2, 0) is 0 Å². The number of thiazole rings is 1. The summed E-state index contributed by atoms with van der Waals surface area (Å²) in [5.74, 6) is 1.26. The van der Waals surface area contributed by atoms with Gasteiger partial charge < -0.3 is 5.32 Å². The van der Waals surface area contributed by atoms with Crippen molar-refractivity contribution in [1.29, 1.82) is 0 Å². The van der Waals surface area contributed by atoms with Crippen molar-refractivity contribution >= 4 is 17.3 Å². The van der Waals surface area contributed by atoms with Crippen molar-refractivity contribution in [3.05, 3.63) is 47.1 Å². The molecule has 1 aliphatic carbocycles. The van der Waals surface area contributed by atoms with Gasteiger partial charge in [-0.1, -0.05) is 64.3 Å². The van der Waals surface area contributed by atoms with Crippen molar-refractivity contribution < 1.29 is 0 Å². The zero-order valence-corrected chi connectivity index (χ0v) is 20.4. The third kappa shape index (κ3) is 6.13. The highest BCUT2D eigenvalue weighted by atomic mass is 32.1. The van der Waals surface area contributed by atoms with E-state index in [4.69, 9.17) is 9.97 Å². The predicted molar refractivity (Wildman–Crippen MR) is 134 cm³/mol. The second-order valence-corrected chi connectivity index (χ2v) is 9.09. The van der Waals surface area contributed by atoms with E-state index in [0.717, 1.165) is 22.2 Å². The van der Waals surface area contributed by atoms with Gasteiger partial charge in [-0.25, -0.2) is 15.0 Å². The largest absolute Gasteiger partial charge is 0.351 e. The second kappa shape index (κ2) is 11.4. The Morgan fingerprint density at radius 1 is 1.06 bits per heavy atom. The highest BCUT2D eigenvalue weighted by Crippen LogP contribution is 2.41. The van der Waals surface area contributed by atoms with E-state index in [1.54, 1.807) is 0 Å². The highest BCUT2D eigenvalue weighted by Gasteiger charge is 2.24. The standard InChI is InChI=1S/C24H30N4S.C2H6/c1-4-7-17(8-5-2)23-28-21(18-10-6-9-16(3)15-18)22(29-23)20-13-14-25-24(27-20)26-19-11-12-19;1-2/h6,9-10,13-15,17,19H,4-5,7-8,11-12H2,1-3H3,(H,25,26,27);1-2H3. The van der Waals surface area contributed by atoms with E-state index in [0.29, 0.717) is 12.0 Å². The van der Waals surface area contributed by atoms with Crippen molar-refractivity contribution in [2.24, 2.45) is 0 Å². The molecular weight excluding hydrogens is 400 g/mol. The fraction of sp³-hybridized carbons (Fsp3) is 0.500. The van der Waals surface area contributed by atoms with Crippen molar-refractivity contribution in [2.75, 3.05) is 5.32 Å². The average Bonchev–Trinajstić information content (AvgIpc) is 3.49. The van der Waals surface area contributed by atoms with Gasteiger partial charge in [0, 0.05) is 23.7 Å². The maximum atomic E-state index is 5.18. The summed E-state index contributed by atoms with van der Waals surface area (Å²) < 4.78 is 0. The average molecular weight is 437 g/mol. The molecule has 31 heavy (non-hydrogen) atoms. The van der Waals surface area contributed by atoms with Gasteiger partial charge in [0.05, 0.1) is 21.3 Å². The first kappa shape index (κ1) is 23.4. The molecule has 0 bridgehead atoms. The summed E-state index contributed by atoms with van der Waals surface area (Å²) in [6.07, 6.45) is 9.02. The van der Waals surface area contributed by atoms with E-state index in [9.17, 15) is 0 Å². The molecule has 0 radical (unpaired) electrons. The zero-order valence-electron chi connectivity index (χ0n) is 19.6. The Labute approximate surface area is 191 Å². The summed E-state index contributed by atoms with van der Waals surface area (Å²) in [7, 11) is 0. The molecule has 4 rings (SSSR count). The van der Waals surface area contributed by atoms with Crippen LogP contribution in [0.2, 0.25) is 0 Å². The Morgan fingerprint density at radius 2 is 1.81 bits per heavy atom. The molecule has 1 saturated carbocycles. The minimum Gasteiger partial charge on any atom is -0.351 e. The van der Waals surface area contributed by atoms with Crippen LogP contribution < -0.4 is 5.32 Å². The quantitative estimate of drug-likeness (QED) is 0.371. The predicted octanol–water partition coefficient (Wildman–Crippen LogP) is 7.86. The molecule has 0 unspecified atom stereocenters. The molecule has 1 aliphatic rings. The molecule has 166 valence electrons. The first-order valence-corrected chi connectivity index (χ1v) is 12.7. The summed E-state index contributed by atoms with van der Waals surface area (Å²) in [5, 5.41) is 4.67. The molecule has 0 aliphatic heterocycles. The lowest BCUT2D eigenvalue weighted by atomic mass is 9.99. The van der Waals surface area contributed by atoms with Gasteiger partial charge in [0.1, 0.15) is 0 Å². The first-order chi connectivity index (χ1) is 15.2. The molecule has 2 heterocycles. The van der Waals surface area contributed by atoms with Crippen LogP contribution in [0.4, 0.5) is 5.95 Å². The summed E-state index contributed by atoms with van der Waals surface area (Å²) in [6.45, 7) is 10.7. The monoisotopic (exact) mass is 436 g/mol. The van der Waals surface area contributed by atoms with Crippen LogP contribution in [0, 0.1) is 6.92 Å². The summed E-state index contributed by atoms with van der Waals surface area (Å²) >= 11 is 1.82. The van der Waals surface area contributed by atoms with Crippen LogP contribution >= 0.6 is 11.3 Å². The number of aryl methyl sites for hydroxylation is 1. The molecule has 0 saturated heterocycles. The molecule has 5 heteroatoms. The van der Waals surface area contributed by atoms with Gasteiger partial charge in [-0.15, -0.1) is 11.3 Å². The highest BCUT2D eigenvalue weighted by molar-refractivity contribution is 7.15. The number of hydrogen-bond acceptors (Lipinski definition) is 5. The lowest BCUT2D eigenvalue weighted by Gasteiger charge is -2.11. The number of nitrogens with zero attached hydrogens (tertiary/aromatic N) is 3. The molecular formula is C26H36N4S. The zero-order chi connectivity index (χ0) is 22.2. The maximum absolute atomic E-state index is 5.18. The van der Waals surface area contributed by atoms with E-state index in [2.05, 4.69) is 55.3 Å². The van der Waals surface area contributed by atoms with Gasteiger partial charge in [-0.2, -0.15) is 0 Å². The van der Waals surface area contributed by atoms with Crippen LogP contribution in [0.25, 0.3) is 21.8 Å². The van der Waals surface area contributed by atoms with Crippen LogP contribution in [0.3, 0.4) is 0 Å². The molecule has 0 spiro atoms. The van der Waals surface area contributed by atoms with Crippen LogP contribution in [0.1, 0.15) is 82.7 Å². The Balaban J connectivity index is 0.00000132. The van der Waals surface area contributed by atoms with E-state index in [1.165, 1.54) is 54.7 Å². The molecule has 1 fully saturated rings. The Morgan fingerprint density at radius 3 is 2.45 bits per heavy atom. The number of hydrogen-bond donors (Lipinski definition) is 1. The van der Waals surface area contributed by atoms with Crippen LogP contribution in [-0.4, -0.2) is 21.0 Å². The third-order valence-electron chi connectivity index (χ3n) is 5.36. The third-order valence-corrected chi connectivity index (χ3v) is 6.60.